The lowest BCUT2D eigenvalue weighted by Crippen LogP contribution is -2.31. The van der Waals surface area contributed by atoms with E-state index in [0.717, 1.165) is 27.8 Å². The van der Waals surface area contributed by atoms with Gasteiger partial charge in [0.1, 0.15) is 6.61 Å². The van der Waals surface area contributed by atoms with Crippen molar-refractivity contribution in [3.63, 3.8) is 0 Å². The third kappa shape index (κ3) is 5.35. The number of benzene rings is 2. The Morgan fingerprint density at radius 3 is 2.32 bits per heavy atom. The third-order valence-electron chi connectivity index (χ3n) is 4.14. The summed E-state index contributed by atoms with van der Waals surface area (Å²) in [7, 11) is 0. The van der Waals surface area contributed by atoms with Gasteiger partial charge in [-0.05, 0) is 48.6 Å². The number of carbonyl (C=O) groups is 2. The molecule has 5 heteroatoms. The van der Waals surface area contributed by atoms with E-state index in [4.69, 9.17) is 4.74 Å². The maximum Gasteiger partial charge on any atom is 0.407 e. The van der Waals surface area contributed by atoms with Crippen LogP contribution in [0.2, 0.25) is 0 Å². The van der Waals surface area contributed by atoms with Crippen LogP contribution in [-0.2, 0) is 16.1 Å². The normalized spacial score (nSPS) is 11.6. The van der Waals surface area contributed by atoms with Gasteiger partial charge in [0.05, 0.1) is 12.5 Å². The Balaban J connectivity index is 2.11. The Labute approximate surface area is 147 Å². The summed E-state index contributed by atoms with van der Waals surface area (Å²) in [5, 5.41) is 11.9. The Morgan fingerprint density at radius 2 is 1.68 bits per heavy atom. The van der Waals surface area contributed by atoms with Gasteiger partial charge in [0.2, 0.25) is 0 Å². The van der Waals surface area contributed by atoms with Crippen molar-refractivity contribution in [2.45, 2.75) is 39.8 Å². The molecule has 0 saturated heterocycles. The number of hydrogen-bond acceptors (Lipinski definition) is 3. The molecule has 5 nitrogen and oxygen atoms in total. The molecule has 0 aliphatic rings. The first kappa shape index (κ1) is 18.5. The molecule has 0 saturated carbocycles. The van der Waals surface area contributed by atoms with Crippen molar-refractivity contribution >= 4 is 12.1 Å². The van der Waals surface area contributed by atoms with Gasteiger partial charge in [-0.25, -0.2) is 4.79 Å². The highest BCUT2D eigenvalue weighted by Crippen LogP contribution is 2.24. The van der Waals surface area contributed by atoms with Crippen LogP contribution in [0.25, 0.3) is 0 Å². The van der Waals surface area contributed by atoms with E-state index in [0.29, 0.717) is 0 Å². The number of aliphatic carboxylic acids is 1. The maximum atomic E-state index is 12.1. The van der Waals surface area contributed by atoms with Crippen LogP contribution in [0, 0.1) is 20.8 Å². The number of alkyl carbamates (subject to hydrolysis) is 1. The smallest absolute Gasteiger partial charge is 0.407 e. The second-order valence-electron chi connectivity index (χ2n) is 6.15. The van der Waals surface area contributed by atoms with E-state index in [2.05, 4.69) is 5.32 Å². The van der Waals surface area contributed by atoms with Crippen LogP contribution < -0.4 is 5.32 Å². The molecule has 0 fully saturated rings. The van der Waals surface area contributed by atoms with Crippen LogP contribution >= 0.6 is 0 Å². The molecule has 0 aliphatic heterocycles. The van der Waals surface area contributed by atoms with Crippen LogP contribution in [-0.4, -0.2) is 17.2 Å². The van der Waals surface area contributed by atoms with E-state index >= 15 is 0 Å². The highest BCUT2D eigenvalue weighted by Gasteiger charge is 2.21. The minimum Gasteiger partial charge on any atom is -0.481 e. The fraction of sp³-hybridized carbons (Fsp3) is 0.300. The largest absolute Gasteiger partial charge is 0.481 e. The highest BCUT2D eigenvalue weighted by molar-refractivity contribution is 5.72. The van der Waals surface area contributed by atoms with Crippen LogP contribution in [0.1, 0.15) is 40.3 Å². The van der Waals surface area contributed by atoms with E-state index < -0.39 is 18.1 Å². The summed E-state index contributed by atoms with van der Waals surface area (Å²) in [5.74, 6) is -0.981. The fourth-order valence-electron chi connectivity index (χ4n) is 2.68. The summed E-state index contributed by atoms with van der Waals surface area (Å²) < 4.78 is 5.21. The molecule has 2 aromatic rings. The molecule has 0 aliphatic carbocycles. The summed E-state index contributed by atoms with van der Waals surface area (Å²) in [4.78, 5) is 23.3. The lowest BCUT2D eigenvalue weighted by atomic mass is 9.94. The van der Waals surface area contributed by atoms with E-state index in [-0.39, 0.29) is 13.0 Å². The molecule has 1 atom stereocenters. The number of nitrogens with one attached hydrogen (secondary N) is 1. The van der Waals surface area contributed by atoms with Crippen LogP contribution in [0.5, 0.6) is 0 Å². The van der Waals surface area contributed by atoms with Gasteiger partial charge in [-0.2, -0.15) is 0 Å². The number of carbonyl (C=O) groups excluding carboxylic acids is 1. The van der Waals surface area contributed by atoms with Crippen molar-refractivity contribution in [1.82, 2.24) is 5.32 Å². The van der Waals surface area contributed by atoms with Crippen LogP contribution in [0.15, 0.2) is 42.5 Å². The number of carboxylic acid groups (broad SMARTS) is 1. The number of carboxylic acids is 1. The molecule has 0 radical (unpaired) electrons. The van der Waals surface area contributed by atoms with Gasteiger partial charge < -0.3 is 15.2 Å². The van der Waals surface area contributed by atoms with Gasteiger partial charge in [0.15, 0.2) is 0 Å². The van der Waals surface area contributed by atoms with Crippen molar-refractivity contribution in [2.75, 3.05) is 0 Å². The molecule has 0 aromatic heterocycles. The van der Waals surface area contributed by atoms with Crippen LogP contribution in [0.4, 0.5) is 4.79 Å². The summed E-state index contributed by atoms with van der Waals surface area (Å²) in [6.45, 7) is 6.01. The monoisotopic (exact) mass is 341 g/mol. The Hall–Kier alpha value is -2.82. The number of ether oxygens (including phenoxy) is 1. The molecular weight excluding hydrogens is 318 g/mol. The molecule has 25 heavy (non-hydrogen) atoms. The topological polar surface area (TPSA) is 75.6 Å². The van der Waals surface area contributed by atoms with Crippen molar-refractivity contribution in [2.24, 2.45) is 0 Å². The first-order valence-corrected chi connectivity index (χ1v) is 8.13. The van der Waals surface area contributed by atoms with E-state index in [1.807, 2.05) is 63.2 Å². The van der Waals surface area contributed by atoms with Gasteiger partial charge in [-0.15, -0.1) is 0 Å². The summed E-state index contributed by atoms with van der Waals surface area (Å²) in [5.41, 5.74) is 4.78. The summed E-state index contributed by atoms with van der Waals surface area (Å²) in [6.07, 6.45) is -0.836. The maximum absolute atomic E-state index is 12.1. The standard InChI is InChI=1S/C20H23NO4/c1-13-9-15(3)17(10-14(13)2)18(11-19(22)23)21-20(24)25-12-16-7-5-4-6-8-16/h4-10,18H,11-12H2,1-3H3,(H,21,24)(H,22,23)/t18-/m1/s1. The molecule has 0 spiro atoms. The van der Waals surface area contributed by atoms with Crippen molar-refractivity contribution in [1.29, 1.82) is 0 Å². The Morgan fingerprint density at radius 1 is 1.04 bits per heavy atom. The zero-order chi connectivity index (χ0) is 18.4. The average molecular weight is 341 g/mol. The molecule has 2 aromatic carbocycles. The van der Waals surface area contributed by atoms with Crippen LogP contribution in [0.3, 0.4) is 0 Å². The fourth-order valence-corrected chi connectivity index (χ4v) is 2.68. The van der Waals surface area contributed by atoms with E-state index in [9.17, 15) is 14.7 Å². The molecular formula is C20H23NO4. The minimum absolute atomic E-state index is 0.137. The number of rotatable bonds is 6. The first-order valence-electron chi connectivity index (χ1n) is 8.13. The minimum atomic E-state index is -0.981. The zero-order valence-electron chi connectivity index (χ0n) is 14.7. The molecule has 1 amide bonds. The van der Waals surface area contributed by atoms with Gasteiger partial charge in [0, 0.05) is 0 Å². The second-order valence-corrected chi connectivity index (χ2v) is 6.15. The van der Waals surface area contributed by atoms with E-state index in [1.54, 1.807) is 0 Å². The van der Waals surface area contributed by atoms with Crippen molar-refractivity contribution in [3.05, 3.63) is 70.3 Å². The molecule has 0 unspecified atom stereocenters. The lowest BCUT2D eigenvalue weighted by Gasteiger charge is -2.20. The first-order chi connectivity index (χ1) is 11.9. The number of hydrogen-bond donors (Lipinski definition) is 2. The highest BCUT2D eigenvalue weighted by atomic mass is 16.5. The van der Waals surface area contributed by atoms with Crippen molar-refractivity contribution < 1.29 is 19.4 Å². The Bertz CT molecular complexity index is 756. The Kier molecular flexibility index (Phi) is 6.17. The average Bonchev–Trinajstić information content (AvgIpc) is 2.56. The number of amides is 1. The molecule has 2 rings (SSSR count). The molecule has 0 heterocycles. The van der Waals surface area contributed by atoms with Gasteiger partial charge in [0.25, 0.3) is 0 Å². The zero-order valence-corrected chi connectivity index (χ0v) is 14.7. The molecule has 132 valence electrons. The predicted molar refractivity (Wildman–Crippen MR) is 95.4 cm³/mol. The SMILES string of the molecule is Cc1cc(C)c([C@@H](CC(=O)O)NC(=O)OCc2ccccc2)cc1C. The predicted octanol–water partition coefficient (Wildman–Crippen LogP) is 4.05. The third-order valence-corrected chi connectivity index (χ3v) is 4.14. The van der Waals surface area contributed by atoms with Gasteiger partial charge in [-0.3, -0.25) is 4.79 Å². The second kappa shape index (κ2) is 8.33. The summed E-state index contributed by atoms with van der Waals surface area (Å²) >= 11 is 0. The van der Waals surface area contributed by atoms with Gasteiger partial charge >= 0.3 is 12.1 Å². The van der Waals surface area contributed by atoms with Gasteiger partial charge in [-0.1, -0.05) is 42.5 Å². The quantitative estimate of drug-likeness (QED) is 0.831. The molecule has 0 bridgehead atoms. The van der Waals surface area contributed by atoms with E-state index in [1.165, 1.54) is 0 Å². The summed E-state index contributed by atoms with van der Waals surface area (Å²) in [6, 6.07) is 12.6. The molecule has 2 N–H and O–H groups in total. The lowest BCUT2D eigenvalue weighted by molar-refractivity contribution is -0.137. The van der Waals surface area contributed by atoms with Crippen molar-refractivity contribution in [3.8, 4) is 0 Å². The number of aryl methyl sites for hydroxylation is 3.